The van der Waals surface area contributed by atoms with E-state index < -0.39 is 0 Å². The van der Waals surface area contributed by atoms with E-state index in [-0.39, 0.29) is 12.1 Å². The van der Waals surface area contributed by atoms with Crippen molar-refractivity contribution in [1.82, 2.24) is 10.2 Å². The summed E-state index contributed by atoms with van der Waals surface area (Å²) in [6.07, 6.45) is 6.55. The molecular formula is C14H30N2O. The monoisotopic (exact) mass is 242 g/mol. The molecule has 102 valence electrons. The summed E-state index contributed by atoms with van der Waals surface area (Å²) in [5.41, 5.74) is -0.110. The second-order valence-corrected chi connectivity index (χ2v) is 5.57. The van der Waals surface area contributed by atoms with Gasteiger partial charge in [0.05, 0.1) is 6.61 Å². The lowest BCUT2D eigenvalue weighted by atomic mass is 9.98. The van der Waals surface area contributed by atoms with E-state index in [1.54, 1.807) is 0 Å². The molecule has 0 bridgehead atoms. The minimum atomic E-state index is -0.110. The van der Waals surface area contributed by atoms with Crippen LogP contribution in [0.4, 0.5) is 0 Å². The Labute approximate surface area is 107 Å². The van der Waals surface area contributed by atoms with Crippen molar-refractivity contribution in [2.24, 2.45) is 0 Å². The van der Waals surface area contributed by atoms with E-state index in [1.807, 2.05) is 0 Å². The zero-order valence-electron chi connectivity index (χ0n) is 11.8. The maximum Gasteiger partial charge on any atom is 0.0611 e. The number of aliphatic hydroxyl groups is 1. The molecular weight excluding hydrogens is 212 g/mol. The molecule has 2 N–H and O–H groups in total. The highest BCUT2D eigenvalue weighted by molar-refractivity contribution is 4.85. The van der Waals surface area contributed by atoms with Gasteiger partial charge < -0.3 is 15.3 Å². The first-order valence-electron chi connectivity index (χ1n) is 7.25. The van der Waals surface area contributed by atoms with Crippen molar-refractivity contribution in [2.75, 3.05) is 26.2 Å². The summed E-state index contributed by atoms with van der Waals surface area (Å²) in [6, 6.07) is 0.796. The number of likely N-dealkylation sites (N-methyl/N-ethyl adjacent to an activating group) is 1. The summed E-state index contributed by atoms with van der Waals surface area (Å²) in [7, 11) is 0. The molecule has 1 rings (SSSR count). The van der Waals surface area contributed by atoms with Gasteiger partial charge in [0.15, 0.2) is 0 Å². The minimum absolute atomic E-state index is 0.110. The van der Waals surface area contributed by atoms with Gasteiger partial charge in [0.2, 0.25) is 0 Å². The molecule has 0 spiro atoms. The van der Waals surface area contributed by atoms with Gasteiger partial charge in [0.25, 0.3) is 0 Å². The standard InChI is InChI=1S/C14H30N2O/c1-4-15-14(3,12-17)10-11-16(5-2)13-8-6-7-9-13/h13,15,17H,4-12H2,1-3H3. The summed E-state index contributed by atoms with van der Waals surface area (Å²) < 4.78 is 0. The number of hydrogen-bond acceptors (Lipinski definition) is 3. The smallest absolute Gasteiger partial charge is 0.0611 e. The first kappa shape index (κ1) is 14.9. The minimum Gasteiger partial charge on any atom is -0.394 e. The first-order chi connectivity index (χ1) is 8.15. The van der Waals surface area contributed by atoms with Gasteiger partial charge in [-0.15, -0.1) is 0 Å². The van der Waals surface area contributed by atoms with Crippen molar-refractivity contribution in [3.05, 3.63) is 0 Å². The van der Waals surface area contributed by atoms with Crippen LogP contribution in [0.25, 0.3) is 0 Å². The fourth-order valence-electron chi connectivity index (χ4n) is 2.91. The van der Waals surface area contributed by atoms with Crippen LogP contribution in [-0.2, 0) is 0 Å². The number of aliphatic hydroxyl groups excluding tert-OH is 1. The molecule has 3 nitrogen and oxygen atoms in total. The van der Waals surface area contributed by atoms with Gasteiger partial charge >= 0.3 is 0 Å². The van der Waals surface area contributed by atoms with E-state index >= 15 is 0 Å². The average molecular weight is 242 g/mol. The van der Waals surface area contributed by atoms with Gasteiger partial charge in [-0.2, -0.15) is 0 Å². The van der Waals surface area contributed by atoms with Crippen LogP contribution in [-0.4, -0.2) is 47.8 Å². The van der Waals surface area contributed by atoms with Crippen molar-refractivity contribution in [3.63, 3.8) is 0 Å². The normalized spacial score (nSPS) is 21.0. The molecule has 1 fully saturated rings. The molecule has 0 aromatic heterocycles. The zero-order chi connectivity index (χ0) is 12.7. The Morgan fingerprint density at radius 3 is 2.41 bits per heavy atom. The fourth-order valence-corrected chi connectivity index (χ4v) is 2.91. The van der Waals surface area contributed by atoms with Crippen molar-refractivity contribution < 1.29 is 5.11 Å². The summed E-state index contributed by atoms with van der Waals surface area (Å²) in [5, 5.41) is 12.9. The Hall–Kier alpha value is -0.120. The SMILES string of the molecule is CCNC(C)(CO)CCN(CC)C1CCCC1. The van der Waals surface area contributed by atoms with E-state index in [4.69, 9.17) is 0 Å². The fraction of sp³-hybridized carbons (Fsp3) is 1.00. The van der Waals surface area contributed by atoms with Crippen LogP contribution in [0.3, 0.4) is 0 Å². The maximum atomic E-state index is 9.49. The van der Waals surface area contributed by atoms with E-state index in [0.717, 1.165) is 32.1 Å². The molecule has 0 saturated heterocycles. The van der Waals surface area contributed by atoms with Crippen LogP contribution < -0.4 is 5.32 Å². The van der Waals surface area contributed by atoms with Gasteiger partial charge in [-0.1, -0.05) is 26.7 Å². The molecule has 17 heavy (non-hydrogen) atoms. The number of rotatable bonds is 8. The van der Waals surface area contributed by atoms with Crippen molar-refractivity contribution in [1.29, 1.82) is 0 Å². The molecule has 1 atom stereocenters. The second kappa shape index (κ2) is 7.34. The molecule has 3 heteroatoms. The van der Waals surface area contributed by atoms with Crippen LogP contribution in [0, 0.1) is 0 Å². The van der Waals surface area contributed by atoms with E-state index in [2.05, 4.69) is 31.0 Å². The Morgan fingerprint density at radius 1 is 1.29 bits per heavy atom. The van der Waals surface area contributed by atoms with E-state index in [9.17, 15) is 5.11 Å². The number of nitrogens with one attached hydrogen (secondary N) is 1. The highest BCUT2D eigenvalue weighted by Gasteiger charge is 2.26. The van der Waals surface area contributed by atoms with Crippen molar-refractivity contribution >= 4 is 0 Å². The van der Waals surface area contributed by atoms with Gasteiger partial charge in [-0.3, -0.25) is 0 Å². The van der Waals surface area contributed by atoms with Crippen LogP contribution >= 0.6 is 0 Å². The molecule has 1 aliphatic rings. The van der Waals surface area contributed by atoms with Gasteiger partial charge in [-0.05, 0) is 39.3 Å². The quantitative estimate of drug-likeness (QED) is 0.683. The van der Waals surface area contributed by atoms with Gasteiger partial charge in [-0.25, -0.2) is 0 Å². The molecule has 0 aromatic carbocycles. The molecule has 1 unspecified atom stereocenters. The molecule has 0 amide bonds. The van der Waals surface area contributed by atoms with Crippen molar-refractivity contribution in [2.45, 2.75) is 64.5 Å². The highest BCUT2D eigenvalue weighted by Crippen LogP contribution is 2.24. The Morgan fingerprint density at radius 2 is 1.94 bits per heavy atom. The Balaban J connectivity index is 2.39. The molecule has 0 aromatic rings. The maximum absolute atomic E-state index is 9.49. The lowest BCUT2D eigenvalue weighted by Crippen LogP contribution is -2.48. The van der Waals surface area contributed by atoms with Crippen LogP contribution in [0.2, 0.25) is 0 Å². The van der Waals surface area contributed by atoms with Gasteiger partial charge in [0, 0.05) is 18.1 Å². The molecule has 1 saturated carbocycles. The topological polar surface area (TPSA) is 35.5 Å². The largest absolute Gasteiger partial charge is 0.394 e. The number of hydrogen-bond donors (Lipinski definition) is 2. The van der Waals surface area contributed by atoms with Crippen LogP contribution in [0.15, 0.2) is 0 Å². The second-order valence-electron chi connectivity index (χ2n) is 5.57. The highest BCUT2D eigenvalue weighted by atomic mass is 16.3. The zero-order valence-corrected chi connectivity index (χ0v) is 11.8. The first-order valence-corrected chi connectivity index (χ1v) is 7.25. The molecule has 1 aliphatic carbocycles. The summed E-state index contributed by atoms with van der Waals surface area (Å²) in [5.74, 6) is 0. The molecule has 0 radical (unpaired) electrons. The summed E-state index contributed by atoms with van der Waals surface area (Å²) in [6.45, 7) is 9.86. The lowest BCUT2D eigenvalue weighted by Gasteiger charge is -2.34. The molecule has 0 aliphatic heterocycles. The Kier molecular flexibility index (Phi) is 6.45. The third-order valence-electron chi connectivity index (χ3n) is 4.15. The third kappa shape index (κ3) is 4.57. The predicted molar refractivity (Wildman–Crippen MR) is 73.3 cm³/mol. The lowest BCUT2D eigenvalue weighted by molar-refractivity contribution is 0.132. The molecule has 0 heterocycles. The van der Waals surface area contributed by atoms with Crippen molar-refractivity contribution in [3.8, 4) is 0 Å². The van der Waals surface area contributed by atoms with Crippen LogP contribution in [0.1, 0.15) is 52.9 Å². The summed E-state index contributed by atoms with van der Waals surface area (Å²) in [4.78, 5) is 2.60. The van der Waals surface area contributed by atoms with E-state index in [1.165, 1.54) is 25.7 Å². The number of nitrogens with zero attached hydrogens (tertiary/aromatic N) is 1. The van der Waals surface area contributed by atoms with Crippen LogP contribution in [0.5, 0.6) is 0 Å². The Bertz CT molecular complexity index is 204. The average Bonchev–Trinajstić information content (AvgIpc) is 2.84. The predicted octanol–water partition coefficient (Wildman–Crippen LogP) is 2.00. The van der Waals surface area contributed by atoms with Gasteiger partial charge in [0.1, 0.15) is 0 Å². The third-order valence-corrected chi connectivity index (χ3v) is 4.15. The van der Waals surface area contributed by atoms with E-state index in [0.29, 0.717) is 0 Å². The summed E-state index contributed by atoms with van der Waals surface area (Å²) >= 11 is 0.